The molecule has 1 heterocycles. The van der Waals surface area contributed by atoms with Crippen LogP contribution in [0.2, 0.25) is 0 Å². The van der Waals surface area contributed by atoms with Crippen molar-refractivity contribution in [2.45, 2.75) is 51.4 Å². The Balaban J connectivity index is 1.61. The lowest BCUT2D eigenvalue weighted by Crippen LogP contribution is -2.25. The summed E-state index contributed by atoms with van der Waals surface area (Å²) in [6, 6.07) is 23.9. The summed E-state index contributed by atoms with van der Waals surface area (Å²) in [6.07, 6.45) is 4.04. The number of benzene rings is 3. The molecule has 172 valence electrons. The summed E-state index contributed by atoms with van der Waals surface area (Å²) in [5.74, 6) is 2.96. The Bertz CT molecular complexity index is 1090. The molecule has 1 aliphatic heterocycles. The lowest BCUT2D eigenvalue weighted by molar-refractivity contribution is 0.247. The number of allylic oxidation sites excluding steroid dienone is 1. The predicted molar refractivity (Wildman–Crippen MR) is 136 cm³/mol. The smallest absolute Gasteiger partial charge is 0.130 e. The van der Waals surface area contributed by atoms with E-state index in [4.69, 9.17) is 15.2 Å². The third-order valence-electron chi connectivity index (χ3n) is 6.47. The minimum atomic E-state index is 0.227. The Morgan fingerprint density at radius 3 is 2.52 bits per heavy atom. The van der Waals surface area contributed by atoms with Crippen LogP contribution in [-0.4, -0.2) is 13.2 Å². The molecule has 33 heavy (non-hydrogen) atoms. The lowest BCUT2D eigenvalue weighted by atomic mass is 9.75. The average Bonchev–Trinajstić information content (AvgIpc) is 2.82. The zero-order valence-electron chi connectivity index (χ0n) is 19.8. The van der Waals surface area contributed by atoms with Crippen molar-refractivity contribution < 1.29 is 9.47 Å². The summed E-state index contributed by atoms with van der Waals surface area (Å²) < 4.78 is 12.4. The number of rotatable bonds is 9. The summed E-state index contributed by atoms with van der Waals surface area (Å²) in [5.41, 5.74) is 12.0. The van der Waals surface area contributed by atoms with E-state index in [0.717, 1.165) is 49.5 Å². The molecule has 2 atom stereocenters. The van der Waals surface area contributed by atoms with Crippen LogP contribution in [0.5, 0.6) is 11.5 Å². The third kappa shape index (κ3) is 5.66. The molecule has 3 aromatic rings. The Morgan fingerprint density at radius 2 is 1.76 bits per heavy atom. The van der Waals surface area contributed by atoms with Crippen molar-refractivity contribution in [3.63, 3.8) is 0 Å². The van der Waals surface area contributed by atoms with Crippen LogP contribution in [0.3, 0.4) is 0 Å². The Kier molecular flexibility index (Phi) is 7.51. The highest BCUT2D eigenvalue weighted by Crippen LogP contribution is 2.47. The number of fused-ring (bicyclic) bond motifs is 1. The molecule has 3 nitrogen and oxygen atoms in total. The number of aryl methyl sites for hydroxylation is 2. The second kappa shape index (κ2) is 10.7. The molecule has 2 N–H and O–H groups in total. The zero-order chi connectivity index (χ0) is 23.2. The van der Waals surface area contributed by atoms with Gasteiger partial charge in [-0.25, -0.2) is 0 Å². The van der Waals surface area contributed by atoms with Crippen LogP contribution in [0.1, 0.15) is 65.3 Å². The standard InChI is InChI=1S/C30H35NO2/c1-21-11-13-24(14-12-21)30-27-16-15-26(33-23(3)9-5-4-6-17-31)19-29(27)32-20-28(30)25-10-7-8-22(2)18-25/h7-8,10-16,18-19,28,30H,3-6,9,17,20,31H2,1-2H3. The van der Waals surface area contributed by atoms with Crippen LogP contribution in [0, 0.1) is 13.8 Å². The molecule has 0 bridgehead atoms. The molecule has 1 aliphatic rings. The molecule has 0 aromatic heterocycles. The molecular formula is C30H35NO2. The Labute approximate surface area is 198 Å². The van der Waals surface area contributed by atoms with Crippen molar-refractivity contribution in [2.24, 2.45) is 5.73 Å². The molecule has 0 radical (unpaired) electrons. The topological polar surface area (TPSA) is 44.5 Å². The summed E-state index contributed by atoms with van der Waals surface area (Å²) in [4.78, 5) is 0. The van der Waals surface area contributed by atoms with Crippen molar-refractivity contribution in [3.8, 4) is 11.5 Å². The van der Waals surface area contributed by atoms with E-state index in [1.54, 1.807) is 0 Å². The molecule has 0 saturated carbocycles. The molecule has 0 spiro atoms. The fourth-order valence-corrected chi connectivity index (χ4v) is 4.69. The summed E-state index contributed by atoms with van der Waals surface area (Å²) >= 11 is 0. The average molecular weight is 442 g/mol. The number of hydrogen-bond acceptors (Lipinski definition) is 3. The highest BCUT2D eigenvalue weighted by atomic mass is 16.5. The minimum absolute atomic E-state index is 0.227. The van der Waals surface area contributed by atoms with Crippen molar-refractivity contribution in [3.05, 3.63) is 107 Å². The van der Waals surface area contributed by atoms with E-state index in [9.17, 15) is 0 Å². The van der Waals surface area contributed by atoms with Crippen molar-refractivity contribution in [2.75, 3.05) is 13.2 Å². The Hall–Kier alpha value is -3.04. The van der Waals surface area contributed by atoms with Crippen LogP contribution >= 0.6 is 0 Å². The van der Waals surface area contributed by atoms with E-state index in [-0.39, 0.29) is 11.8 Å². The van der Waals surface area contributed by atoms with E-state index < -0.39 is 0 Å². The number of nitrogens with two attached hydrogens (primary N) is 1. The molecule has 0 fully saturated rings. The van der Waals surface area contributed by atoms with Gasteiger partial charge >= 0.3 is 0 Å². The van der Waals surface area contributed by atoms with Crippen molar-refractivity contribution >= 4 is 0 Å². The van der Waals surface area contributed by atoms with E-state index >= 15 is 0 Å². The molecule has 2 unspecified atom stereocenters. The van der Waals surface area contributed by atoms with Gasteiger partial charge in [0.25, 0.3) is 0 Å². The molecule has 0 aliphatic carbocycles. The molecular weight excluding hydrogens is 406 g/mol. The van der Waals surface area contributed by atoms with Gasteiger partial charge in [-0.05, 0) is 50.4 Å². The van der Waals surface area contributed by atoms with Gasteiger partial charge in [0.15, 0.2) is 0 Å². The molecule has 3 heteroatoms. The fraction of sp³-hybridized carbons (Fsp3) is 0.333. The third-order valence-corrected chi connectivity index (χ3v) is 6.47. The number of ether oxygens (including phenoxy) is 2. The molecule has 0 amide bonds. The lowest BCUT2D eigenvalue weighted by Gasteiger charge is -2.35. The highest BCUT2D eigenvalue weighted by molar-refractivity contribution is 5.51. The molecule has 0 saturated heterocycles. The van der Waals surface area contributed by atoms with Gasteiger partial charge in [-0.2, -0.15) is 0 Å². The number of unbranched alkanes of at least 4 members (excludes halogenated alkanes) is 2. The molecule has 3 aromatic carbocycles. The van der Waals surface area contributed by atoms with Crippen LogP contribution in [-0.2, 0) is 0 Å². The molecule has 4 rings (SSSR count). The highest BCUT2D eigenvalue weighted by Gasteiger charge is 2.33. The van der Waals surface area contributed by atoms with Gasteiger partial charge in [-0.3, -0.25) is 0 Å². The van der Waals surface area contributed by atoms with Crippen LogP contribution in [0.25, 0.3) is 0 Å². The first-order chi connectivity index (χ1) is 16.0. The van der Waals surface area contributed by atoms with Gasteiger partial charge in [0.2, 0.25) is 0 Å². The van der Waals surface area contributed by atoms with E-state index in [1.807, 2.05) is 12.1 Å². The minimum Gasteiger partial charge on any atom is -0.492 e. The monoisotopic (exact) mass is 441 g/mol. The van der Waals surface area contributed by atoms with Gasteiger partial charge in [0.05, 0.1) is 12.4 Å². The maximum Gasteiger partial charge on any atom is 0.130 e. The summed E-state index contributed by atoms with van der Waals surface area (Å²) in [7, 11) is 0. The normalized spacial score (nSPS) is 17.2. The van der Waals surface area contributed by atoms with E-state index in [0.29, 0.717) is 6.61 Å². The van der Waals surface area contributed by atoms with Gasteiger partial charge < -0.3 is 15.2 Å². The quantitative estimate of drug-likeness (QED) is 0.286. The second-order valence-corrected chi connectivity index (χ2v) is 9.16. The van der Waals surface area contributed by atoms with Crippen molar-refractivity contribution in [1.29, 1.82) is 0 Å². The summed E-state index contributed by atoms with van der Waals surface area (Å²) in [6.45, 7) is 9.75. The van der Waals surface area contributed by atoms with Gasteiger partial charge in [0, 0.05) is 29.9 Å². The van der Waals surface area contributed by atoms with Crippen LogP contribution in [0.15, 0.2) is 79.1 Å². The van der Waals surface area contributed by atoms with Crippen LogP contribution in [0.4, 0.5) is 0 Å². The van der Waals surface area contributed by atoms with Crippen LogP contribution < -0.4 is 15.2 Å². The zero-order valence-corrected chi connectivity index (χ0v) is 19.8. The SMILES string of the molecule is C=C(CCCCCN)Oc1ccc2c(c1)OCC(c1cccc(C)c1)C2c1ccc(C)cc1. The second-order valence-electron chi connectivity index (χ2n) is 9.16. The van der Waals surface area contributed by atoms with Gasteiger partial charge in [-0.15, -0.1) is 0 Å². The first-order valence-corrected chi connectivity index (χ1v) is 12.0. The first kappa shape index (κ1) is 23.1. The fourth-order valence-electron chi connectivity index (χ4n) is 4.69. The van der Waals surface area contributed by atoms with Crippen molar-refractivity contribution in [1.82, 2.24) is 0 Å². The van der Waals surface area contributed by atoms with Gasteiger partial charge in [0.1, 0.15) is 11.5 Å². The first-order valence-electron chi connectivity index (χ1n) is 12.0. The maximum absolute atomic E-state index is 6.32. The summed E-state index contributed by atoms with van der Waals surface area (Å²) in [5, 5.41) is 0. The van der Waals surface area contributed by atoms with E-state index in [1.165, 1.54) is 27.8 Å². The number of hydrogen-bond donors (Lipinski definition) is 1. The Morgan fingerprint density at radius 1 is 0.939 bits per heavy atom. The van der Waals surface area contributed by atoms with E-state index in [2.05, 4.69) is 75.0 Å². The largest absolute Gasteiger partial charge is 0.492 e. The van der Waals surface area contributed by atoms with Gasteiger partial charge in [-0.1, -0.05) is 78.7 Å². The predicted octanol–water partition coefficient (Wildman–Crippen LogP) is 7.02. The maximum atomic E-state index is 6.32.